The Kier molecular flexibility index (Phi) is 4.31. The van der Waals surface area contributed by atoms with Gasteiger partial charge in [-0.1, -0.05) is 24.3 Å². The maximum atomic E-state index is 12.9. The minimum atomic E-state index is -3.35. The molecule has 1 N–H and O–H groups in total. The topological polar surface area (TPSA) is 52.7 Å². The van der Waals surface area contributed by atoms with Crippen LogP contribution in [0.4, 0.5) is 0 Å². The first-order valence-electron chi connectivity index (χ1n) is 7.61. The fourth-order valence-corrected chi connectivity index (χ4v) is 5.21. The molecule has 2 aliphatic heterocycles. The largest absolute Gasteiger partial charge is 0.318 e. The van der Waals surface area contributed by atoms with Crippen molar-refractivity contribution in [3.63, 3.8) is 0 Å². The average molecular weight is 309 g/mol. The molecule has 1 atom stereocenters. The molecule has 2 aliphatic rings. The Labute approximate surface area is 127 Å². The van der Waals surface area contributed by atoms with E-state index >= 15 is 0 Å². The van der Waals surface area contributed by atoms with Gasteiger partial charge in [0.1, 0.15) is 0 Å². The molecular formula is C15H23N3O2S. The van der Waals surface area contributed by atoms with Crippen molar-refractivity contribution in [1.82, 2.24) is 13.9 Å². The molecule has 3 rings (SSSR count). The van der Waals surface area contributed by atoms with Crippen LogP contribution in [0.15, 0.2) is 24.3 Å². The van der Waals surface area contributed by atoms with Crippen LogP contribution in [0.1, 0.15) is 24.0 Å². The van der Waals surface area contributed by atoms with Gasteiger partial charge in [-0.3, -0.25) is 0 Å². The number of likely N-dealkylation sites (N-methyl/N-ethyl adjacent to an activating group) is 1. The van der Waals surface area contributed by atoms with Gasteiger partial charge >= 0.3 is 0 Å². The lowest BCUT2D eigenvalue weighted by Gasteiger charge is -2.33. The molecule has 1 saturated heterocycles. The van der Waals surface area contributed by atoms with Crippen molar-refractivity contribution in [1.29, 1.82) is 0 Å². The van der Waals surface area contributed by atoms with Gasteiger partial charge in [-0.15, -0.1) is 0 Å². The molecule has 1 fully saturated rings. The second kappa shape index (κ2) is 6.04. The lowest BCUT2D eigenvalue weighted by Crippen LogP contribution is -2.49. The molecule has 0 radical (unpaired) electrons. The molecule has 0 aromatic heterocycles. The van der Waals surface area contributed by atoms with E-state index in [9.17, 15) is 8.42 Å². The summed E-state index contributed by atoms with van der Waals surface area (Å²) in [7, 11) is -1.47. The molecular weight excluding hydrogens is 286 g/mol. The van der Waals surface area contributed by atoms with E-state index in [1.807, 2.05) is 25.2 Å². The molecule has 0 amide bonds. The Morgan fingerprint density at radius 1 is 1.24 bits per heavy atom. The van der Waals surface area contributed by atoms with Gasteiger partial charge in [0.2, 0.25) is 0 Å². The van der Waals surface area contributed by atoms with Crippen LogP contribution in [0.2, 0.25) is 0 Å². The highest BCUT2D eigenvalue weighted by molar-refractivity contribution is 7.86. The van der Waals surface area contributed by atoms with Crippen LogP contribution in [0.5, 0.6) is 0 Å². The van der Waals surface area contributed by atoms with E-state index in [1.54, 1.807) is 8.61 Å². The van der Waals surface area contributed by atoms with Crippen molar-refractivity contribution in [2.75, 3.05) is 26.7 Å². The van der Waals surface area contributed by atoms with E-state index in [0.29, 0.717) is 19.6 Å². The second-order valence-corrected chi connectivity index (χ2v) is 7.71. The first kappa shape index (κ1) is 15.0. The predicted octanol–water partition coefficient (Wildman–Crippen LogP) is 0.973. The third-order valence-corrected chi connectivity index (χ3v) is 6.52. The van der Waals surface area contributed by atoms with Gasteiger partial charge in [-0.05, 0) is 37.4 Å². The summed E-state index contributed by atoms with van der Waals surface area (Å²) < 4.78 is 29.1. The maximum absolute atomic E-state index is 12.9. The van der Waals surface area contributed by atoms with Crippen molar-refractivity contribution in [3.8, 4) is 0 Å². The number of nitrogens with zero attached hydrogens (tertiary/aromatic N) is 2. The highest BCUT2D eigenvalue weighted by Crippen LogP contribution is 2.27. The Hall–Kier alpha value is -0.950. The minimum absolute atomic E-state index is 0.0946. The Morgan fingerprint density at radius 2 is 2.00 bits per heavy atom. The molecule has 1 aromatic carbocycles. The highest BCUT2D eigenvalue weighted by Gasteiger charge is 2.38. The number of rotatable bonds is 4. The van der Waals surface area contributed by atoms with Crippen molar-refractivity contribution < 1.29 is 8.42 Å². The zero-order valence-electron chi connectivity index (χ0n) is 12.5. The standard InChI is InChI=1S/C15H23N3O2S/c1-16-11-15-7-4-9-18(15)21(19,20)17-10-8-13-5-2-3-6-14(13)12-17/h2-3,5-6,15-16H,4,7-12H2,1H3. The Morgan fingerprint density at radius 3 is 2.76 bits per heavy atom. The fraction of sp³-hybridized carbons (Fsp3) is 0.600. The highest BCUT2D eigenvalue weighted by atomic mass is 32.2. The number of hydrogen-bond acceptors (Lipinski definition) is 3. The molecule has 6 heteroatoms. The predicted molar refractivity (Wildman–Crippen MR) is 83.1 cm³/mol. The van der Waals surface area contributed by atoms with E-state index in [4.69, 9.17) is 0 Å². The van der Waals surface area contributed by atoms with Gasteiger partial charge in [-0.25, -0.2) is 0 Å². The van der Waals surface area contributed by atoms with Crippen LogP contribution >= 0.6 is 0 Å². The summed E-state index contributed by atoms with van der Waals surface area (Å²) in [5.41, 5.74) is 2.41. The lowest BCUT2D eigenvalue weighted by molar-refractivity contribution is 0.311. The number of nitrogens with one attached hydrogen (secondary N) is 1. The van der Waals surface area contributed by atoms with E-state index in [1.165, 1.54) is 5.56 Å². The van der Waals surface area contributed by atoms with E-state index in [2.05, 4.69) is 11.4 Å². The molecule has 0 spiro atoms. The van der Waals surface area contributed by atoms with Gasteiger partial charge in [0, 0.05) is 32.2 Å². The summed E-state index contributed by atoms with van der Waals surface area (Å²) in [5, 5.41) is 3.11. The summed E-state index contributed by atoms with van der Waals surface area (Å²) in [4.78, 5) is 0. The van der Waals surface area contributed by atoms with Crippen LogP contribution in [-0.2, 0) is 23.2 Å². The molecule has 1 aromatic rings. The van der Waals surface area contributed by atoms with Crippen LogP contribution in [0.3, 0.4) is 0 Å². The van der Waals surface area contributed by atoms with Crippen molar-refractivity contribution >= 4 is 10.2 Å². The summed E-state index contributed by atoms with van der Waals surface area (Å²) in [6.07, 6.45) is 2.71. The zero-order chi connectivity index (χ0) is 14.9. The molecule has 2 heterocycles. The van der Waals surface area contributed by atoms with Crippen LogP contribution in [0, 0.1) is 0 Å². The number of benzene rings is 1. The fourth-order valence-electron chi connectivity index (χ4n) is 3.37. The quantitative estimate of drug-likeness (QED) is 0.902. The normalized spacial score (nSPS) is 24.1. The van der Waals surface area contributed by atoms with Gasteiger partial charge in [0.25, 0.3) is 10.2 Å². The number of fused-ring (bicyclic) bond motifs is 1. The van der Waals surface area contributed by atoms with Crippen molar-refractivity contribution in [2.24, 2.45) is 0 Å². The zero-order valence-corrected chi connectivity index (χ0v) is 13.3. The molecule has 0 aliphatic carbocycles. The van der Waals surface area contributed by atoms with Gasteiger partial charge in [0.15, 0.2) is 0 Å². The first-order chi connectivity index (χ1) is 10.1. The summed E-state index contributed by atoms with van der Waals surface area (Å²) >= 11 is 0. The first-order valence-corrected chi connectivity index (χ1v) is 9.01. The molecule has 0 bridgehead atoms. The molecule has 21 heavy (non-hydrogen) atoms. The van der Waals surface area contributed by atoms with E-state index in [0.717, 1.165) is 31.4 Å². The van der Waals surface area contributed by atoms with E-state index < -0.39 is 10.2 Å². The third kappa shape index (κ3) is 2.85. The summed E-state index contributed by atoms with van der Waals surface area (Å²) in [6.45, 7) is 2.46. The van der Waals surface area contributed by atoms with E-state index in [-0.39, 0.29) is 6.04 Å². The Bertz CT molecular complexity index is 603. The molecule has 1 unspecified atom stereocenters. The second-order valence-electron chi connectivity index (χ2n) is 5.82. The van der Waals surface area contributed by atoms with Crippen LogP contribution in [-0.4, -0.2) is 49.8 Å². The summed E-state index contributed by atoms with van der Waals surface area (Å²) in [5.74, 6) is 0. The van der Waals surface area contributed by atoms with Gasteiger partial charge in [-0.2, -0.15) is 17.0 Å². The van der Waals surface area contributed by atoms with Gasteiger partial charge < -0.3 is 5.32 Å². The molecule has 0 saturated carbocycles. The monoisotopic (exact) mass is 309 g/mol. The third-order valence-electron chi connectivity index (χ3n) is 4.48. The van der Waals surface area contributed by atoms with Crippen LogP contribution < -0.4 is 5.32 Å². The minimum Gasteiger partial charge on any atom is -0.318 e. The maximum Gasteiger partial charge on any atom is 0.282 e. The smallest absolute Gasteiger partial charge is 0.282 e. The lowest BCUT2D eigenvalue weighted by atomic mass is 10.0. The van der Waals surface area contributed by atoms with Crippen LogP contribution in [0.25, 0.3) is 0 Å². The molecule has 116 valence electrons. The molecule has 5 nitrogen and oxygen atoms in total. The summed E-state index contributed by atoms with van der Waals surface area (Å²) in [6, 6.07) is 8.23. The van der Waals surface area contributed by atoms with Crippen molar-refractivity contribution in [2.45, 2.75) is 31.8 Å². The number of hydrogen-bond donors (Lipinski definition) is 1. The Balaban J connectivity index is 1.80. The average Bonchev–Trinajstić information content (AvgIpc) is 2.96. The SMILES string of the molecule is CNCC1CCCN1S(=O)(=O)N1CCc2ccccc2C1. The van der Waals surface area contributed by atoms with Crippen molar-refractivity contribution in [3.05, 3.63) is 35.4 Å². The van der Waals surface area contributed by atoms with Gasteiger partial charge in [0.05, 0.1) is 0 Å².